The Morgan fingerprint density at radius 2 is 1.94 bits per heavy atom. The van der Waals surface area contributed by atoms with E-state index in [2.05, 4.69) is 29.0 Å². The first kappa shape index (κ1) is 22.8. The summed E-state index contributed by atoms with van der Waals surface area (Å²) in [5.41, 5.74) is 4.41. The first-order valence-electron chi connectivity index (χ1n) is 12.5. The van der Waals surface area contributed by atoms with Crippen molar-refractivity contribution in [2.24, 2.45) is 11.8 Å². The van der Waals surface area contributed by atoms with Crippen molar-refractivity contribution < 1.29 is 14.0 Å². The van der Waals surface area contributed by atoms with Crippen molar-refractivity contribution in [3.8, 4) is 0 Å². The highest BCUT2D eigenvalue weighted by Crippen LogP contribution is 2.37. The minimum atomic E-state index is -0.426. The molecular weight excluding hydrogens is 429 g/mol. The van der Waals surface area contributed by atoms with Crippen LogP contribution in [0.2, 0.25) is 0 Å². The molecule has 178 valence electrons. The van der Waals surface area contributed by atoms with Gasteiger partial charge < -0.3 is 10.2 Å². The largest absolute Gasteiger partial charge is 0.329 e. The van der Waals surface area contributed by atoms with Crippen LogP contribution in [0, 0.1) is 17.8 Å². The number of piperidine rings is 1. The van der Waals surface area contributed by atoms with Gasteiger partial charge in [-0.15, -0.1) is 0 Å². The number of hydrogen-bond acceptors (Lipinski definition) is 3. The molecule has 1 aliphatic carbocycles. The molecule has 1 aromatic heterocycles. The summed E-state index contributed by atoms with van der Waals surface area (Å²) in [6.07, 6.45) is 10.4. The third kappa shape index (κ3) is 4.63. The van der Waals surface area contributed by atoms with Crippen molar-refractivity contribution in [1.82, 2.24) is 15.2 Å². The Morgan fingerprint density at radius 1 is 1.12 bits per heavy atom. The van der Waals surface area contributed by atoms with Crippen molar-refractivity contribution in [3.63, 3.8) is 0 Å². The Balaban J connectivity index is 1.26. The lowest BCUT2D eigenvalue weighted by Crippen LogP contribution is -2.49. The monoisotopic (exact) mass is 461 g/mol. The van der Waals surface area contributed by atoms with Crippen molar-refractivity contribution in [2.75, 3.05) is 0 Å². The average molecular weight is 462 g/mol. The van der Waals surface area contributed by atoms with Crippen LogP contribution in [-0.4, -0.2) is 27.7 Å². The molecule has 1 saturated carbocycles. The van der Waals surface area contributed by atoms with E-state index < -0.39 is 6.04 Å². The van der Waals surface area contributed by atoms with Crippen LogP contribution in [0.25, 0.3) is 0 Å². The van der Waals surface area contributed by atoms with Crippen LogP contribution in [0.5, 0.6) is 0 Å². The summed E-state index contributed by atoms with van der Waals surface area (Å²) < 4.78 is 14.0. The number of fused-ring (bicyclic) bond motifs is 1. The molecule has 3 atom stereocenters. The van der Waals surface area contributed by atoms with E-state index in [-0.39, 0.29) is 17.8 Å². The van der Waals surface area contributed by atoms with Gasteiger partial charge in [-0.2, -0.15) is 4.39 Å². The molecule has 2 fully saturated rings. The fraction of sp³-hybridized carbons (Fsp3) is 0.464. The number of carbonyl (C=O) groups is 2. The molecule has 3 heterocycles. The van der Waals surface area contributed by atoms with E-state index in [1.165, 1.54) is 37.4 Å². The molecule has 3 aliphatic rings. The number of pyridine rings is 1. The number of hydrogen-bond donors (Lipinski definition) is 1. The summed E-state index contributed by atoms with van der Waals surface area (Å²) in [7, 11) is 0. The van der Waals surface area contributed by atoms with Crippen molar-refractivity contribution in [1.29, 1.82) is 0 Å². The van der Waals surface area contributed by atoms with E-state index >= 15 is 0 Å². The van der Waals surface area contributed by atoms with Crippen molar-refractivity contribution >= 4 is 11.8 Å². The number of aromatic nitrogens is 1. The maximum absolute atomic E-state index is 14.0. The number of nitrogens with zero attached hydrogens (tertiary/aromatic N) is 2. The number of aryl methyl sites for hydroxylation is 1. The molecule has 34 heavy (non-hydrogen) atoms. The summed E-state index contributed by atoms with van der Waals surface area (Å²) in [6, 6.07) is 9.40. The van der Waals surface area contributed by atoms with Crippen LogP contribution in [0.1, 0.15) is 72.0 Å². The second-order valence-corrected chi connectivity index (χ2v) is 10.1. The van der Waals surface area contributed by atoms with E-state index in [9.17, 15) is 14.0 Å². The zero-order chi connectivity index (χ0) is 23.7. The second kappa shape index (κ2) is 9.69. The maximum atomic E-state index is 14.0. The molecule has 1 unspecified atom stereocenters. The first-order valence-corrected chi connectivity index (χ1v) is 12.5. The van der Waals surface area contributed by atoms with Gasteiger partial charge >= 0.3 is 0 Å². The maximum Gasteiger partial charge on any atom is 0.255 e. The van der Waals surface area contributed by atoms with Crippen molar-refractivity contribution in [3.05, 3.63) is 77.0 Å². The first-order chi connectivity index (χ1) is 16.5. The van der Waals surface area contributed by atoms with Crippen LogP contribution in [0.4, 0.5) is 4.39 Å². The minimum Gasteiger partial charge on any atom is -0.329 e. The molecule has 1 aromatic carbocycles. The number of rotatable bonds is 6. The molecule has 0 bridgehead atoms. The average Bonchev–Trinajstić information content (AvgIpc) is 3.15. The molecule has 2 aromatic rings. The van der Waals surface area contributed by atoms with Gasteiger partial charge in [0.1, 0.15) is 6.04 Å². The molecule has 0 spiro atoms. The lowest BCUT2D eigenvalue weighted by Gasteiger charge is -2.32. The lowest BCUT2D eigenvalue weighted by molar-refractivity contribution is -0.126. The van der Waals surface area contributed by atoms with E-state index in [0.29, 0.717) is 42.3 Å². The van der Waals surface area contributed by atoms with Gasteiger partial charge in [0.15, 0.2) is 0 Å². The highest BCUT2D eigenvalue weighted by molar-refractivity contribution is 6.01. The minimum absolute atomic E-state index is 0.0525. The highest BCUT2D eigenvalue weighted by Gasteiger charge is 2.38. The van der Waals surface area contributed by atoms with E-state index in [4.69, 9.17) is 0 Å². The number of nitrogens with one attached hydrogen (secondary N) is 1. The fourth-order valence-electron chi connectivity index (χ4n) is 6.02. The van der Waals surface area contributed by atoms with Gasteiger partial charge in [0.25, 0.3) is 5.91 Å². The van der Waals surface area contributed by atoms with Gasteiger partial charge in [-0.3, -0.25) is 9.59 Å². The summed E-state index contributed by atoms with van der Waals surface area (Å²) in [5, 5.41) is 2.80. The van der Waals surface area contributed by atoms with E-state index in [1.54, 1.807) is 11.0 Å². The molecule has 2 aliphatic heterocycles. The third-order valence-corrected chi connectivity index (χ3v) is 7.89. The molecule has 5 rings (SSSR count). The van der Waals surface area contributed by atoms with Gasteiger partial charge in [0, 0.05) is 29.6 Å². The van der Waals surface area contributed by atoms with Crippen LogP contribution in [0.3, 0.4) is 0 Å². The summed E-state index contributed by atoms with van der Waals surface area (Å²) in [6.45, 7) is 4.32. The number of benzene rings is 1. The van der Waals surface area contributed by atoms with Gasteiger partial charge in [-0.1, -0.05) is 44.0 Å². The predicted octanol–water partition coefficient (Wildman–Crippen LogP) is 4.95. The van der Waals surface area contributed by atoms with Crippen LogP contribution < -0.4 is 5.32 Å². The lowest BCUT2D eigenvalue weighted by atomic mass is 9.74. The third-order valence-electron chi connectivity index (χ3n) is 7.89. The Kier molecular flexibility index (Phi) is 6.48. The fourth-order valence-corrected chi connectivity index (χ4v) is 6.02. The highest BCUT2D eigenvalue weighted by atomic mass is 19.1. The SMILES string of the molecule is C=C1CCC(N2Cc3cc(C[C@H]4CCCC[C@@H]4CCc4cccnc4F)ccc3C2=O)C(=O)N1. The van der Waals surface area contributed by atoms with Crippen molar-refractivity contribution in [2.45, 2.75) is 70.4 Å². The second-order valence-electron chi connectivity index (χ2n) is 10.1. The molecule has 1 N–H and O–H groups in total. The van der Waals surface area contributed by atoms with Crippen LogP contribution in [-0.2, 0) is 24.2 Å². The summed E-state index contributed by atoms with van der Waals surface area (Å²) in [5.74, 6) is 0.600. The molecule has 1 saturated heterocycles. The topological polar surface area (TPSA) is 62.3 Å². The smallest absolute Gasteiger partial charge is 0.255 e. The quantitative estimate of drug-likeness (QED) is 0.619. The number of halogens is 1. The normalized spacial score (nSPS) is 24.8. The Hall–Kier alpha value is -3.02. The summed E-state index contributed by atoms with van der Waals surface area (Å²) in [4.78, 5) is 31.0. The zero-order valence-corrected chi connectivity index (χ0v) is 19.6. The van der Waals surface area contributed by atoms with Crippen LogP contribution in [0.15, 0.2) is 48.8 Å². The zero-order valence-electron chi connectivity index (χ0n) is 19.6. The van der Waals surface area contributed by atoms with E-state index in [1.807, 2.05) is 12.1 Å². The summed E-state index contributed by atoms with van der Waals surface area (Å²) >= 11 is 0. The Morgan fingerprint density at radius 3 is 2.74 bits per heavy atom. The predicted molar refractivity (Wildman–Crippen MR) is 128 cm³/mol. The number of amides is 2. The van der Waals surface area contributed by atoms with E-state index in [0.717, 1.165) is 30.5 Å². The van der Waals surface area contributed by atoms with Gasteiger partial charge in [-0.05, 0) is 73.6 Å². The Labute approximate surface area is 200 Å². The molecule has 6 heteroatoms. The van der Waals surface area contributed by atoms with Gasteiger partial charge in [0.05, 0.1) is 0 Å². The van der Waals surface area contributed by atoms with Gasteiger partial charge in [0.2, 0.25) is 11.9 Å². The molecule has 5 nitrogen and oxygen atoms in total. The Bertz CT molecular complexity index is 1110. The molecular formula is C28H32FN3O2. The standard InChI is InChI=1S/C28H32FN3O2/c1-18-8-13-25(27(33)31-18)32-17-23-16-19(9-12-24(23)28(32)34)15-22-6-3-2-5-20(22)10-11-21-7-4-14-30-26(21)29/h4,7,9,12,14,16,20,22,25H,1-3,5-6,8,10-11,13,15,17H2,(H,31,33)/t20-,22-,25?/m1/s1. The molecule has 2 amide bonds. The van der Waals surface area contributed by atoms with Gasteiger partial charge in [-0.25, -0.2) is 4.98 Å². The van der Waals surface area contributed by atoms with Crippen LogP contribution >= 0.6 is 0 Å². The number of allylic oxidation sites excluding steroid dienone is 1. The molecule has 0 radical (unpaired) electrons. The number of carbonyl (C=O) groups excluding carboxylic acids is 2.